The molecule has 1 aliphatic heterocycles. The van der Waals surface area contributed by atoms with Crippen molar-refractivity contribution >= 4 is 5.91 Å². The van der Waals surface area contributed by atoms with Crippen molar-refractivity contribution < 1.29 is 18.0 Å². The van der Waals surface area contributed by atoms with Crippen LogP contribution in [0, 0.1) is 12.8 Å². The number of halogens is 3. The van der Waals surface area contributed by atoms with E-state index in [4.69, 9.17) is 0 Å². The van der Waals surface area contributed by atoms with Crippen LogP contribution in [0.25, 0.3) is 5.82 Å². The summed E-state index contributed by atoms with van der Waals surface area (Å²) in [5.74, 6) is 0.791. The van der Waals surface area contributed by atoms with Crippen LogP contribution in [0.2, 0.25) is 0 Å². The fourth-order valence-corrected chi connectivity index (χ4v) is 3.32. The third kappa shape index (κ3) is 4.95. The molecule has 1 aliphatic rings. The molecule has 0 unspecified atom stereocenters. The number of piperazine rings is 1. The van der Waals surface area contributed by atoms with Crippen LogP contribution in [0.5, 0.6) is 0 Å². The Labute approximate surface area is 168 Å². The Kier molecular flexibility index (Phi) is 6.26. The van der Waals surface area contributed by atoms with Gasteiger partial charge in [0.2, 0.25) is 0 Å². The molecule has 0 aliphatic carbocycles. The second kappa shape index (κ2) is 8.52. The Bertz CT molecular complexity index is 837. The normalized spacial score (nSPS) is 15.9. The van der Waals surface area contributed by atoms with Crippen LogP contribution in [-0.4, -0.2) is 63.2 Å². The van der Waals surface area contributed by atoms with Gasteiger partial charge in [-0.2, -0.15) is 18.3 Å². The first kappa shape index (κ1) is 21.3. The summed E-state index contributed by atoms with van der Waals surface area (Å²) in [6, 6.07) is 2.21. The predicted molar refractivity (Wildman–Crippen MR) is 103 cm³/mol. The van der Waals surface area contributed by atoms with Crippen LogP contribution in [0.3, 0.4) is 0 Å². The summed E-state index contributed by atoms with van der Waals surface area (Å²) in [6.07, 6.45) is -1.07. The second-order valence-electron chi connectivity index (χ2n) is 7.77. The number of nitrogens with zero attached hydrogens (tertiary/aromatic N) is 5. The molecule has 6 nitrogen and oxygen atoms in total. The van der Waals surface area contributed by atoms with Gasteiger partial charge in [0.05, 0.1) is 23.0 Å². The van der Waals surface area contributed by atoms with Gasteiger partial charge in [-0.3, -0.25) is 9.69 Å². The maximum Gasteiger partial charge on any atom is 0.417 e. The molecule has 0 saturated carbocycles. The van der Waals surface area contributed by atoms with Gasteiger partial charge in [-0.05, 0) is 37.9 Å². The lowest BCUT2D eigenvalue weighted by atomic mass is 10.1. The van der Waals surface area contributed by atoms with E-state index in [-0.39, 0.29) is 11.7 Å². The zero-order valence-electron chi connectivity index (χ0n) is 16.9. The number of amides is 1. The molecule has 3 heterocycles. The van der Waals surface area contributed by atoms with Crippen molar-refractivity contribution in [1.29, 1.82) is 0 Å². The first-order valence-corrected chi connectivity index (χ1v) is 9.76. The van der Waals surface area contributed by atoms with Crippen LogP contribution in [0.15, 0.2) is 24.5 Å². The summed E-state index contributed by atoms with van der Waals surface area (Å²) < 4.78 is 39.5. The number of hydrogen-bond donors (Lipinski definition) is 0. The summed E-state index contributed by atoms with van der Waals surface area (Å²) in [5.41, 5.74) is 0.185. The lowest BCUT2D eigenvalue weighted by molar-refractivity contribution is -0.137. The van der Waals surface area contributed by atoms with E-state index >= 15 is 0 Å². The molecule has 9 heteroatoms. The first-order valence-electron chi connectivity index (χ1n) is 9.76. The number of pyridine rings is 1. The summed E-state index contributed by atoms with van der Waals surface area (Å²) in [5, 5.41) is 4.17. The van der Waals surface area contributed by atoms with Crippen molar-refractivity contribution in [2.24, 2.45) is 5.92 Å². The summed E-state index contributed by atoms with van der Waals surface area (Å²) >= 11 is 0. The first-order chi connectivity index (χ1) is 13.7. The van der Waals surface area contributed by atoms with E-state index in [2.05, 4.69) is 28.8 Å². The van der Waals surface area contributed by atoms with Crippen molar-refractivity contribution in [3.05, 3.63) is 41.3 Å². The lowest BCUT2D eigenvalue weighted by Gasteiger charge is -2.35. The molecule has 0 atom stereocenters. The largest absolute Gasteiger partial charge is 0.417 e. The molecule has 0 bridgehead atoms. The molecule has 29 heavy (non-hydrogen) atoms. The van der Waals surface area contributed by atoms with E-state index < -0.39 is 11.7 Å². The van der Waals surface area contributed by atoms with Gasteiger partial charge >= 0.3 is 6.18 Å². The van der Waals surface area contributed by atoms with Gasteiger partial charge in [-0.25, -0.2) is 9.67 Å². The summed E-state index contributed by atoms with van der Waals surface area (Å²) in [6.45, 7) is 10.1. The average molecular weight is 409 g/mol. The van der Waals surface area contributed by atoms with Gasteiger partial charge in [0.1, 0.15) is 0 Å². The molecule has 0 N–H and O–H groups in total. The number of aromatic nitrogens is 3. The van der Waals surface area contributed by atoms with E-state index in [9.17, 15) is 18.0 Å². The molecule has 158 valence electrons. The monoisotopic (exact) mass is 409 g/mol. The van der Waals surface area contributed by atoms with Crippen molar-refractivity contribution in [2.75, 3.05) is 32.7 Å². The van der Waals surface area contributed by atoms with Crippen molar-refractivity contribution in [3.8, 4) is 5.82 Å². The van der Waals surface area contributed by atoms with E-state index in [0.29, 0.717) is 30.3 Å². The predicted octanol–water partition coefficient (Wildman–Crippen LogP) is 3.40. The van der Waals surface area contributed by atoms with Crippen LogP contribution in [0.1, 0.15) is 41.9 Å². The molecular weight excluding hydrogens is 383 g/mol. The SMILES string of the molecule is Cc1c(C(=O)N2CCN(CCC(C)C)CC2)cnn1-c1ccc(C(F)(F)F)cn1. The number of alkyl halides is 3. The van der Waals surface area contributed by atoms with Crippen LogP contribution < -0.4 is 0 Å². The highest BCUT2D eigenvalue weighted by atomic mass is 19.4. The maximum absolute atomic E-state index is 12.9. The average Bonchev–Trinajstić information content (AvgIpc) is 3.07. The Morgan fingerprint density at radius 1 is 1.14 bits per heavy atom. The van der Waals surface area contributed by atoms with Gasteiger partial charge in [0, 0.05) is 32.4 Å². The topological polar surface area (TPSA) is 54.3 Å². The van der Waals surface area contributed by atoms with E-state index in [0.717, 1.165) is 38.3 Å². The van der Waals surface area contributed by atoms with Crippen LogP contribution in [-0.2, 0) is 6.18 Å². The minimum Gasteiger partial charge on any atom is -0.336 e. The van der Waals surface area contributed by atoms with Crippen LogP contribution >= 0.6 is 0 Å². The van der Waals surface area contributed by atoms with Crippen molar-refractivity contribution in [3.63, 3.8) is 0 Å². The molecule has 0 aromatic carbocycles. The Morgan fingerprint density at radius 3 is 2.38 bits per heavy atom. The molecule has 2 aromatic heterocycles. The molecule has 1 fully saturated rings. The molecular formula is C20H26F3N5O. The Balaban J connectivity index is 1.67. The van der Waals surface area contributed by atoms with Gasteiger partial charge in [0.15, 0.2) is 5.82 Å². The number of carbonyl (C=O) groups is 1. The highest BCUT2D eigenvalue weighted by Gasteiger charge is 2.31. The number of hydrogen-bond acceptors (Lipinski definition) is 4. The van der Waals surface area contributed by atoms with Gasteiger partial charge < -0.3 is 4.90 Å². The smallest absolute Gasteiger partial charge is 0.336 e. The zero-order valence-corrected chi connectivity index (χ0v) is 16.9. The zero-order chi connectivity index (χ0) is 21.2. The number of rotatable bonds is 5. The van der Waals surface area contributed by atoms with E-state index in [1.165, 1.54) is 16.9 Å². The quantitative estimate of drug-likeness (QED) is 0.760. The fraction of sp³-hybridized carbons (Fsp3) is 0.550. The Hall–Kier alpha value is -2.42. The van der Waals surface area contributed by atoms with Crippen molar-refractivity contribution in [1.82, 2.24) is 24.6 Å². The van der Waals surface area contributed by atoms with Gasteiger partial charge in [0.25, 0.3) is 5.91 Å². The summed E-state index contributed by atoms with van der Waals surface area (Å²) in [7, 11) is 0. The fourth-order valence-electron chi connectivity index (χ4n) is 3.32. The standard InChI is InChI=1S/C20H26F3N5O/c1-14(2)6-7-26-8-10-27(11-9-26)19(29)17-13-25-28(15(17)3)18-5-4-16(12-24-18)20(21,22)23/h4-5,12-14H,6-11H2,1-3H3. The third-order valence-electron chi connectivity index (χ3n) is 5.21. The molecule has 0 spiro atoms. The van der Waals surface area contributed by atoms with Gasteiger partial charge in [-0.15, -0.1) is 0 Å². The second-order valence-corrected chi connectivity index (χ2v) is 7.77. The van der Waals surface area contributed by atoms with E-state index in [1.807, 2.05) is 0 Å². The van der Waals surface area contributed by atoms with Gasteiger partial charge in [-0.1, -0.05) is 13.8 Å². The maximum atomic E-state index is 12.9. The highest BCUT2D eigenvalue weighted by molar-refractivity contribution is 5.95. The molecule has 1 saturated heterocycles. The van der Waals surface area contributed by atoms with Crippen LogP contribution in [0.4, 0.5) is 13.2 Å². The Morgan fingerprint density at radius 2 is 1.83 bits per heavy atom. The minimum absolute atomic E-state index is 0.107. The minimum atomic E-state index is -4.44. The van der Waals surface area contributed by atoms with E-state index in [1.54, 1.807) is 11.8 Å². The number of carbonyl (C=O) groups excluding carboxylic acids is 1. The third-order valence-corrected chi connectivity index (χ3v) is 5.21. The molecule has 2 aromatic rings. The molecule has 0 radical (unpaired) electrons. The molecule has 1 amide bonds. The highest BCUT2D eigenvalue weighted by Crippen LogP contribution is 2.29. The van der Waals surface area contributed by atoms with Crippen molar-refractivity contribution in [2.45, 2.75) is 33.4 Å². The lowest BCUT2D eigenvalue weighted by Crippen LogP contribution is -2.49. The molecule has 3 rings (SSSR count). The summed E-state index contributed by atoms with van der Waals surface area (Å²) in [4.78, 5) is 20.9.